The Kier molecular flexibility index (Phi) is 6.45. The number of para-hydroxylation sites is 1. The highest BCUT2D eigenvalue weighted by molar-refractivity contribution is 5.95. The van der Waals surface area contributed by atoms with Crippen molar-refractivity contribution in [3.63, 3.8) is 0 Å². The summed E-state index contributed by atoms with van der Waals surface area (Å²) < 4.78 is 0. The molecular weight excluding hydrogens is 352 g/mol. The molecule has 1 aliphatic heterocycles. The highest BCUT2D eigenvalue weighted by Gasteiger charge is 2.16. The smallest absolute Gasteiger partial charge is 0.238 e. The zero-order valence-corrected chi connectivity index (χ0v) is 16.1. The number of hydrogen-bond donors (Lipinski definition) is 3. The molecule has 0 spiro atoms. The normalized spacial score (nSPS) is 13.8. The number of likely N-dealkylation sites (tertiary alicyclic amines) is 1. The molecule has 0 atom stereocenters. The Morgan fingerprint density at radius 2 is 1.57 bits per heavy atom. The van der Waals surface area contributed by atoms with E-state index in [2.05, 4.69) is 27.4 Å². The molecule has 28 heavy (non-hydrogen) atoms. The minimum Gasteiger partial charge on any atom is -0.356 e. The second kappa shape index (κ2) is 9.19. The molecule has 146 valence electrons. The molecule has 0 unspecified atom stereocenters. The first-order valence-corrected chi connectivity index (χ1v) is 9.46. The Morgan fingerprint density at radius 3 is 2.21 bits per heavy atom. The van der Waals surface area contributed by atoms with Gasteiger partial charge in [-0.1, -0.05) is 24.8 Å². The van der Waals surface area contributed by atoms with Crippen LogP contribution in [0, 0.1) is 0 Å². The van der Waals surface area contributed by atoms with Crippen LogP contribution in [0.15, 0.2) is 55.1 Å². The molecule has 0 aromatic heterocycles. The van der Waals surface area contributed by atoms with Crippen molar-refractivity contribution in [3.8, 4) is 0 Å². The lowest BCUT2D eigenvalue weighted by molar-refractivity contribution is -0.117. The third kappa shape index (κ3) is 5.69. The van der Waals surface area contributed by atoms with Gasteiger partial charge < -0.3 is 16.0 Å². The predicted octanol–water partition coefficient (Wildman–Crippen LogP) is 3.76. The number of rotatable bonds is 7. The van der Waals surface area contributed by atoms with E-state index in [-0.39, 0.29) is 11.8 Å². The predicted molar refractivity (Wildman–Crippen MR) is 114 cm³/mol. The molecule has 1 heterocycles. The van der Waals surface area contributed by atoms with Gasteiger partial charge in [0.05, 0.1) is 6.54 Å². The number of benzene rings is 2. The topological polar surface area (TPSA) is 73.5 Å². The average molecular weight is 378 g/mol. The van der Waals surface area contributed by atoms with E-state index in [1.807, 2.05) is 42.5 Å². The van der Waals surface area contributed by atoms with E-state index >= 15 is 0 Å². The third-order valence-electron chi connectivity index (χ3n) is 4.52. The van der Waals surface area contributed by atoms with Crippen LogP contribution in [-0.4, -0.2) is 36.3 Å². The van der Waals surface area contributed by atoms with E-state index in [1.165, 1.54) is 6.92 Å². The van der Waals surface area contributed by atoms with Crippen molar-refractivity contribution in [2.75, 3.05) is 35.6 Å². The van der Waals surface area contributed by atoms with Crippen molar-refractivity contribution >= 4 is 34.6 Å². The molecular formula is C22H26N4O2. The first-order chi connectivity index (χ1) is 13.5. The fraction of sp³-hybridized carbons (Fsp3) is 0.273. The van der Waals surface area contributed by atoms with Crippen molar-refractivity contribution < 1.29 is 9.59 Å². The van der Waals surface area contributed by atoms with Gasteiger partial charge >= 0.3 is 0 Å². The molecule has 3 rings (SSSR count). The van der Waals surface area contributed by atoms with Crippen molar-refractivity contribution in [2.24, 2.45) is 0 Å². The number of nitrogens with zero attached hydrogens (tertiary/aromatic N) is 1. The molecule has 2 amide bonds. The standard InChI is InChI=1S/C22H26N4O2/c1-16(23-19-8-4-3-5-9-19)18-12-20(24-17(2)27)14-21(13-18)25-22(28)15-26-10-6-7-11-26/h3-5,8-9,12-14,23H,1,6-7,10-11,15H2,2H3,(H,24,27)(H,25,28). The van der Waals surface area contributed by atoms with Gasteiger partial charge in [0.1, 0.15) is 0 Å². The number of anilines is 3. The zero-order valence-electron chi connectivity index (χ0n) is 16.1. The minimum absolute atomic E-state index is 0.0607. The van der Waals surface area contributed by atoms with Crippen molar-refractivity contribution in [1.29, 1.82) is 0 Å². The maximum atomic E-state index is 12.4. The van der Waals surface area contributed by atoms with Gasteiger partial charge in [-0.2, -0.15) is 0 Å². The average Bonchev–Trinajstić information content (AvgIpc) is 3.14. The molecule has 3 N–H and O–H groups in total. The Bertz CT molecular complexity index is 858. The molecule has 0 saturated carbocycles. The Morgan fingerprint density at radius 1 is 0.929 bits per heavy atom. The quantitative estimate of drug-likeness (QED) is 0.686. The van der Waals surface area contributed by atoms with Gasteiger partial charge in [0.2, 0.25) is 11.8 Å². The van der Waals surface area contributed by atoms with Crippen LogP contribution in [0.2, 0.25) is 0 Å². The van der Waals surface area contributed by atoms with E-state index in [0.717, 1.165) is 37.2 Å². The highest BCUT2D eigenvalue weighted by Crippen LogP contribution is 2.25. The molecule has 6 heteroatoms. The minimum atomic E-state index is -0.173. The van der Waals surface area contributed by atoms with Gasteiger partial charge in [-0.15, -0.1) is 0 Å². The van der Waals surface area contributed by atoms with Crippen LogP contribution >= 0.6 is 0 Å². The summed E-state index contributed by atoms with van der Waals surface area (Å²) >= 11 is 0. The number of carbonyl (C=O) groups excluding carboxylic acids is 2. The summed E-state index contributed by atoms with van der Waals surface area (Å²) in [6, 6.07) is 15.1. The molecule has 0 bridgehead atoms. The van der Waals surface area contributed by atoms with Gasteiger partial charge in [-0.05, 0) is 56.3 Å². The van der Waals surface area contributed by atoms with Crippen LogP contribution in [0.4, 0.5) is 17.1 Å². The van der Waals surface area contributed by atoms with E-state index in [9.17, 15) is 9.59 Å². The Labute approximate surface area is 165 Å². The maximum absolute atomic E-state index is 12.4. The summed E-state index contributed by atoms with van der Waals surface area (Å²) in [6.07, 6.45) is 2.28. The molecule has 6 nitrogen and oxygen atoms in total. The lowest BCUT2D eigenvalue weighted by atomic mass is 10.1. The van der Waals surface area contributed by atoms with E-state index < -0.39 is 0 Å². The van der Waals surface area contributed by atoms with Crippen molar-refractivity contribution in [1.82, 2.24) is 4.90 Å². The summed E-state index contributed by atoms with van der Waals surface area (Å²) in [5.74, 6) is -0.234. The lowest BCUT2D eigenvalue weighted by Gasteiger charge is -2.16. The van der Waals surface area contributed by atoms with Crippen molar-refractivity contribution in [3.05, 3.63) is 60.7 Å². The molecule has 0 aliphatic carbocycles. The van der Waals surface area contributed by atoms with Crippen LogP contribution in [0.3, 0.4) is 0 Å². The van der Waals surface area contributed by atoms with Crippen LogP contribution < -0.4 is 16.0 Å². The second-order valence-corrected chi connectivity index (χ2v) is 6.98. The summed E-state index contributed by atoms with van der Waals surface area (Å²) in [4.78, 5) is 26.0. The monoisotopic (exact) mass is 378 g/mol. The summed E-state index contributed by atoms with van der Waals surface area (Å²) in [6.45, 7) is 7.85. The molecule has 2 aromatic rings. The van der Waals surface area contributed by atoms with Gasteiger partial charge in [-0.3, -0.25) is 14.5 Å². The molecule has 2 aromatic carbocycles. The molecule has 1 aliphatic rings. The largest absolute Gasteiger partial charge is 0.356 e. The van der Waals surface area contributed by atoms with Crippen LogP contribution in [-0.2, 0) is 9.59 Å². The number of carbonyl (C=O) groups is 2. The van der Waals surface area contributed by atoms with Crippen LogP contribution in [0.1, 0.15) is 25.3 Å². The first-order valence-electron chi connectivity index (χ1n) is 9.46. The summed E-state index contributed by atoms with van der Waals surface area (Å²) in [5, 5.41) is 8.97. The van der Waals surface area contributed by atoms with Crippen LogP contribution in [0.25, 0.3) is 5.70 Å². The third-order valence-corrected chi connectivity index (χ3v) is 4.52. The van der Waals surface area contributed by atoms with Gasteiger partial charge in [0.15, 0.2) is 0 Å². The fourth-order valence-electron chi connectivity index (χ4n) is 3.26. The number of amides is 2. The zero-order chi connectivity index (χ0) is 19.9. The Hall–Kier alpha value is -3.12. The first kappa shape index (κ1) is 19.6. The van der Waals surface area contributed by atoms with Gasteiger partial charge in [0.25, 0.3) is 0 Å². The van der Waals surface area contributed by atoms with Crippen LogP contribution in [0.5, 0.6) is 0 Å². The Balaban J connectivity index is 1.76. The van der Waals surface area contributed by atoms with E-state index in [1.54, 1.807) is 6.07 Å². The SMILES string of the molecule is C=C(Nc1ccccc1)c1cc(NC(C)=O)cc(NC(=O)CN2CCCC2)c1. The number of nitrogens with one attached hydrogen (secondary N) is 3. The summed E-state index contributed by atoms with van der Waals surface area (Å²) in [7, 11) is 0. The molecule has 0 radical (unpaired) electrons. The highest BCUT2D eigenvalue weighted by atomic mass is 16.2. The van der Waals surface area contributed by atoms with Gasteiger partial charge in [-0.25, -0.2) is 0 Å². The van der Waals surface area contributed by atoms with Gasteiger partial charge in [0, 0.05) is 35.2 Å². The van der Waals surface area contributed by atoms with E-state index in [0.29, 0.717) is 23.6 Å². The summed E-state index contributed by atoms with van der Waals surface area (Å²) in [5.41, 5.74) is 3.61. The van der Waals surface area contributed by atoms with E-state index in [4.69, 9.17) is 0 Å². The molecule has 1 saturated heterocycles. The van der Waals surface area contributed by atoms with Crippen molar-refractivity contribution in [2.45, 2.75) is 19.8 Å². The fourth-order valence-corrected chi connectivity index (χ4v) is 3.26. The second-order valence-electron chi connectivity index (χ2n) is 6.98. The number of hydrogen-bond acceptors (Lipinski definition) is 4. The maximum Gasteiger partial charge on any atom is 0.238 e. The lowest BCUT2D eigenvalue weighted by Crippen LogP contribution is -2.30. The molecule has 1 fully saturated rings.